The van der Waals surface area contributed by atoms with Crippen LogP contribution in [0.15, 0.2) is 140 Å². The Labute approximate surface area is 303 Å². The molecule has 0 amide bonds. The van der Waals surface area contributed by atoms with E-state index in [1.165, 1.54) is 33.7 Å². The van der Waals surface area contributed by atoms with Crippen LogP contribution in [0.5, 0.6) is 0 Å². The van der Waals surface area contributed by atoms with Crippen molar-refractivity contribution in [1.82, 2.24) is 14.5 Å². The molecule has 10 aromatic rings. The molecule has 0 aliphatic carbocycles. The molecule has 0 saturated carbocycles. The fourth-order valence-corrected chi connectivity index (χ4v) is 9.01. The number of aromatic nitrogens is 3. The van der Waals surface area contributed by atoms with E-state index in [9.17, 15) is 13.2 Å². The summed E-state index contributed by atoms with van der Waals surface area (Å²) in [6.45, 7) is 2.08. The number of hydrogen-bond donors (Lipinski definition) is 0. The molecule has 0 saturated heterocycles. The maximum atomic E-state index is 13.5. The van der Waals surface area contributed by atoms with Crippen LogP contribution < -0.4 is 0 Å². The molecule has 0 unspecified atom stereocenters. The van der Waals surface area contributed by atoms with E-state index in [0.29, 0.717) is 15.2 Å². The second kappa shape index (κ2) is 11.6. The molecule has 0 atom stereocenters. The third-order valence-corrected chi connectivity index (χ3v) is 11.9. The molecular weight excluding hydrogens is 692 g/mol. The molecule has 10 rings (SSSR count). The van der Waals surface area contributed by atoms with Crippen molar-refractivity contribution in [2.24, 2.45) is 0 Å². The number of rotatable bonds is 4. The number of halogens is 3. The van der Waals surface area contributed by atoms with Crippen molar-refractivity contribution in [2.45, 2.75) is 13.1 Å². The van der Waals surface area contributed by atoms with Gasteiger partial charge in [0.05, 0.1) is 37.0 Å². The van der Waals surface area contributed by atoms with E-state index in [-0.39, 0.29) is 0 Å². The van der Waals surface area contributed by atoms with Gasteiger partial charge in [0, 0.05) is 27.6 Å². The van der Waals surface area contributed by atoms with Gasteiger partial charge < -0.3 is 4.57 Å². The zero-order valence-corrected chi connectivity index (χ0v) is 29.2. The second-order valence-corrected chi connectivity index (χ2v) is 15.2. The molecule has 0 fully saturated rings. The fraction of sp³-hybridized carbons (Fsp3) is 0.0455. The standard InChI is InChI=1S/C44H26F3N3S2/c1-25-6-18-40-36(20-25)48-42(51-40)30-11-16-38-34(22-30)35-23-31(43-49-37-24-32(44(45,46)47)13-19-41(37)52-43)12-17-39(35)50(38)33-14-9-27(10-15-33)29-8-7-26-4-2-3-5-28(26)21-29/h2-24H,1H3. The molecule has 3 heterocycles. The number of hydrogen-bond acceptors (Lipinski definition) is 4. The first-order valence-electron chi connectivity index (χ1n) is 16.8. The highest BCUT2D eigenvalue weighted by Crippen LogP contribution is 2.41. The molecule has 0 N–H and O–H groups in total. The van der Waals surface area contributed by atoms with Crippen LogP contribution in [-0.2, 0) is 6.18 Å². The monoisotopic (exact) mass is 717 g/mol. The van der Waals surface area contributed by atoms with Crippen LogP contribution in [0.1, 0.15) is 11.1 Å². The number of nitrogens with zero attached hydrogens (tertiary/aromatic N) is 3. The van der Waals surface area contributed by atoms with Crippen LogP contribution in [0.3, 0.4) is 0 Å². The Hall–Kier alpha value is -5.83. The van der Waals surface area contributed by atoms with E-state index in [1.54, 1.807) is 11.3 Å². The van der Waals surface area contributed by atoms with Crippen LogP contribution in [0, 0.1) is 6.92 Å². The maximum Gasteiger partial charge on any atom is 0.416 e. The average molecular weight is 718 g/mol. The van der Waals surface area contributed by atoms with Gasteiger partial charge in [-0.3, -0.25) is 0 Å². The van der Waals surface area contributed by atoms with Crippen LogP contribution >= 0.6 is 22.7 Å². The van der Waals surface area contributed by atoms with Gasteiger partial charge in [0.2, 0.25) is 0 Å². The Morgan fingerprint density at radius 2 is 1.10 bits per heavy atom. The molecule has 0 radical (unpaired) electrons. The lowest BCUT2D eigenvalue weighted by molar-refractivity contribution is -0.137. The average Bonchev–Trinajstić information content (AvgIpc) is 3.87. The summed E-state index contributed by atoms with van der Waals surface area (Å²) in [6, 6.07) is 46.4. The molecule has 7 aromatic carbocycles. The fourth-order valence-electron chi connectivity index (χ4n) is 7.13. The summed E-state index contributed by atoms with van der Waals surface area (Å²) in [4.78, 5) is 9.66. The van der Waals surface area contributed by atoms with E-state index < -0.39 is 11.7 Å². The van der Waals surface area contributed by atoms with Crippen LogP contribution in [0.2, 0.25) is 0 Å². The van der Waals surface area contributed by atoms with Gasteiger partial charge in [0.15, 0.2) is 0 Å². The Bertz CT molecular complexity index is 3020. The van der Waals surface area contributed by atoms with E-state index in [4.69, 9.17) is 4.98 Å². The largest absolute Gasteiger partial charge is 0.416 e. The van der Waals surface area contributed by atoms with Crippen molar-refractivity contribution in [3.63, 3.8) is 0 Å². The Kier molecular flexibility index (Phi) is 6.90. The number of benzene rings is 7. The molecule has 0 aliphatic rings. The smallest absolute Gasteiger partial charge is 0.309 e. The Balaban J connectivity index is 1.13. The summed E-state index contributed by atoms with van der Waals surface area (Å²) in [5, 5.41) is 6.13. The molecule has 3 nitrogen and oxygen atoms in total. The van der Waals surface area contributed by atoms with Crippen molar-refractivity contribution in [3.8, 4) is 38.0 Å². The van der Waals surface area contributed by atoms with Crippen LogP contribution in [0.4, 0.5) is 13.2 Å². The highest BCUT2D eigenvalue weighted by Gasteiger charge is 2.31. The first-order valence-corrected chi connectivity index (χ1v) is 18.4. The Morgan fingerprint density at radius 1 is 0.519 bits per heavy atom. The Morgan fingerprint density at radius 3 is 1.75 bits per heavy atom. The van der Waals surface area contributed by atoms with Crippen molar-refractivity contribution < 1.29 is 13.2 Å². The molecule has 250 valence electrons. The summed E-state index contributed by atoms with van der Waals surface area (Å²) in [5.74, 6) is 0. The van der Waals surface area contributed by atoms with E-state index in [0.717, 1.165) is 77.1 Å². The van der Waals surface area contributed by atoms with E-state index in [2.05, 4.69) is 132 Å². The molecule has 8 heteroatoms. The second-order valence-electron chi connectivity index (χ2n) is 13.1. The first-order chi connectivity index (χ1) is 25.2. The zero-order valence-electron chi connectivity index (χ0n) is 27.6. The van der Waals surface area contributed by atoms with Crippen molar-refractivity contribution in [3.05, 3.63) is 151 Å². The molecular formula is C44H26F3N3S2. The minimum Gasteiger partial charge on any atom is -0.309 e. The summed E-state index contributed by atoms with van der Waals surface area (Å²) < 4.78 is 44.6. The number of fused-ring (bicyclic) bond motifs is 6. The topological polar surface area (TPSA) is 30.7 Å². The van der Waals surface area contributed by atoms with E-state index >= 15 is 0 Å². The van der Waals surface area contributed by atoms with E-state index in [1.807, 2.05) is 6.07 Å². The first kappa shape index (κ1) is 30.9. The summed E-state index contributed by atoms with van der Waals surface area (Å²) in [6.07, 6.45) is -4.42. The predicted octanol–water partition coefficient (Wildman–Crippen LogP) is 13.5. The lowest BCUT2D eigenvalue weighted by Crippen LogP contribution is -2.03. The SMILES string of the molecule is Cc1ccc2sc(-c3ccc4c(c3)c3cc(-c5nc6cc(C(F)(F)F)ccc6s5)ccc3n4-c3ccc(-c4ccc5ccccc5c4)cc3)nc2c1. The molecule has 0 aliphatic heterocycles. The van der Waals surface area contributed by atoms with Crippen molar-refractivity contribution >= 4 is 75.7 Å². The van der Waals surface area contributed by atoms with Gasteiger partial charge in [-0.25, -0.2) is 9.97 Å². The van der Waals surface area contributed by atoms with Gasteiger partial charge in [-0.15, -0.1) is 22.7 Å². The number of thiazole rings is 2. The van der Waals surface area contributed by atoms with Crippen molar-refractivity contribution in [1.29, 1.82) is 0 Å². The normalized spacial score (nSPS) is 12.2. The van der Waals surface area contributed by atoms with Gasteiger partial charge in [0.1, 0.15) is 10.0 Å². The third kappa shape index (κ3) is 5.17. The highest BCUT2D eigenvalue weighted by atomic mass is 32.1. The molecule has 52 heavy (non-hydrogen) atoms. The van der Waals surface area contributed by atoms with Gasteiger partial charge in [0.25, 0.3) is 0 Å². The van der Waals surface area contributed by atoms with Gasteiger partial charge >= 0.3 is 6.18 Å². The number of aryl methyl sites for hydroxylation is 1. The molecule has 0 spiro atoms. The summed E-state index contributed by atoms with van der Waals surface area (Å²) in [5.41, 5.74) is 9.09. The van der Waals surface area contributed by atoms with Gasteiger partial charge in [-0.05, 0) is 119 Å². The zero-order chi connectivity index (χ0) is 35.1. The van der Waals surface area contributed by atoms with Crippen molar-refractivity contribution in [2.75, 3.05) is 0 Å². The summed E-state index contributed by atoms with van der Waals surface area (Å²) >= 11 is 3.07. The lowest BCUT2D eigenvalue weighted by atomic mass is 10.0. The van der Waals surface area contributed by atoms with Gasteiger partial charge in [-0.2, -0.15) is 13.2 Å². The third-order valence-electron chi connectivity index (χ3n) is 9.73. The highest BCUT2D eigenvalue weighted by molar-refractivity contribution is 7.22. The minimum atomic E-state index is -4.42. The predicted molar refractivity (Wildman–Crippen MR) is 211 cm³/mol. The van der Waals surface area contributed by atoms with Gasteiger partial charge in [-0.1, -0.05) is 54.6 Å². The number of alkyl halides is 3. The van der Waals surface area contributed by atoms with Crippen LogP contribution in [0.25, 0.3) is 91.0 Å². The van der Waals surface area contributed by atoms with Crippen LogP contribution in [-0.4, -0.2) is 14.5 Å². The lowest BCUT2D eigenvalue weighted by Gasteiger charge is -2.10. The molecule has 3 aromatic heterocycles. The maximum absolute atomic E-state index is 13.5. The molecule has 0 bridgehead atoms. The minimum absolute atomic E-state index is 0.345. The quantitative estimate of drug-likeness (QED) is 0.181. The summed E-state index contributed by atoms with van der Waals surface area (Å²) in [7, 11) is 0.